The second-order valence-corrected chi connectivity index (χ2v) is 9.05. The predicted octanol–water partition coefficient (Wildman–Crippen LogP) is 4.81. The van der Waals surface area contributed by atoms with Gasteiger partial charge < -0.3 is 15.0 Å². The quantitative estimate of drug-likeness (QED) is 0.585. The number of halogens is 2. The maximum Gasteiger partial charge on any atom is 0.264 e. The molecule has 0 spiro atoms. The van der Waals surface area contributed by atoms with Gasteiger partial charge in [0.05, 0.1) is 5.52 Å². The highest BCUT2D eigenvalue weighted by molar-refractivity contribution is 5.91. The van der Waals surface area contributed by atoms with Crippen LogP contribution in [0.2, 0.25) is 0 Å². The number of fused-ring (bicyclic) bond motifs is 1. The highest BCUT2D eigenvalue weighted by Crippen LogP contribution is 2.34. The average Bonchev–Trinajstić information content (AvgIpc) is 3.39. The zero-order chi connectivity index (χ0) is 23.7. The van der Waals surface area contributed by atoms with Crippen molar-refractivity contribution < 1.29 is 18.3 Å². The van der Waals surface area contributed by atoms with Gasteiger partial charge in [-0.3, -0.25) is 4.79 Å². The van der Waals surface area contributed by atoms with Crippen LogP contribution in [0.15, 0.2) is 42.5 Å². The topological polar surface area (TPSA) is 67.4 Å². The van der Waals surface area contributed by atoms with E-state index in [1.165, 1.54) is 6.07 Å². The minimum Gasteiger partial charge on any atom is -0.368 e. The van der Waals surface area contributed by atoms with E-state index < -0.39 is 6.43 Å². The third kappa shape index (κ3) is 4.59. The van der Waals surface area contributed by atoms with Gasteiger partial charge in [-0.1, -0.05) is 30.3 Å². The lowest BCUT2D eigenvalue weighted by atomic mass is 10.0. The van der Waals surface area contributed by atoms with Gasteiger partial charge in [0.15, 0.2) is 5.82 Å². The number of benzene rings is 2. The molecule has 2 fully saturated rings. The number of aromatic nitrogens is 2. The maximum atomic E-state index is 13.7. The molecule has 1 atom stereocenters. The number of rotatable bonds is 5. The van der Waals surface area contributed by atoms with E-state index >= 15 is 0 Å². The summed E-state index contributed by atoms with van der Waals surface area (Å²) in [6.07, 6.45) is 0.315. The predicted molar refractivity (Wildman–Crippen MR) is 127 cm³/mol. The van der Waals surface area contributed by atoms with E-state index in [-0.39, 0.29) is 23.6 Å². The fourth-order valence-corrected chi connectivity index (χ4v) is 4.79. The molecular formula is C26H28F2N4O2. The number of ether oxygens (including phenoxy) is 1. The smallest absolute Gasteiger partial charge is 0.264 e. The summed E-state index contributed by atoms with van der Waals surface area (Å²) in [6, 6.07) is 12.5. The number of amides is 1. The summed E-state index contributed by atoms with van der Waals surface area (Å²) in [5.41, 5.74) is 2.05. The van der Waals surface area contributed by atoms with Gasteiger partial charge in [-0.25, -0.2) is 18.7 Å². The van der Waals surface area contributed by atoms with Crippen LogP contribution in [0.5, 0.6) is 0 Å². The van der Waals surface area contributed by atoms with Gasteiger partial charge in [-0.15, -0.1) is 0 Å². The standard InChI is InChI=1S/C26H28F2N4O2/c1-16-8-9-20-21(15-16)30-24(19-6-3-2-5-18(19)23(27)28)31-25(20)32-12-10-17(11-13-32)29-26(33)22-7-4-14-34-22/h2-3,5-6,8-9,15,17,22-23H,4,7,10-14H2,1H3,(H,29,33)/t22-/m0/s1. The number of aryl methyl sites for hydroxylation is 1. The summed E-state index contributed by atoms with van der Waals surface area (Å²) in [5, 5.41) is 4.02. The van der Waals surface area contributed by atoms with E-state index in [1.807, 2.05) is 25.1 Å². The molecule has 34 heavy (non-hydrogen) atoms. The number of hydrogen-bond acceptors (Lipinski definition) is 5. The van der Waals surface area contributed by atoms with Gasteiger partial charge in [0.1, 0.15) is 11.9 Å². The van der Waals surface area contributed by atoms with Crippen molar-refractivity contribution in [3.63, 3.8) is 0 Å². The third-order valence-corrected chi connectivity index (χ3v) is 6.63. The SMILES string of the molecule is Cc1ccc2c(N3CCC(NC(=O)[C@@H]4CCCO4)CC3)nc(-c3ccccc3C(F)F)nc2c1. The number of hydrogen-bond donors (Lipinski definition) is 1. The van der Waals surface area contributed by atoms with Crippen molar-refractivity contribution in [2.75, 3.05) is 24.6 Å². The zero-order valence-corrected chi connectivity index (χ0v) is 19.1. The molecule has 2 saturated heterocycles. The molecule has 5 rings (SSSR count). The Morgan fingerprint density at radius 3 is 2.65 bits per heavy atom. The molecule has 6 nitrogen and oxygen atoms in total. The van der Waals surface area contributed by atoms with Crippen molar-refractivity contribution in [3.05, 3.63) is 53.6 Å². The first kappa shape index (κ1) is 22.7. The average molecular weight is 467 g/mol. The van der Waals surface area contributed by atoms with Crippen molar-refractivity contribution in [3.8, 4) is 11.4 Å². The van der Waals surface area contributed by atoms with Crippen LogP contribution in [-0.4, -0.2) is 47.7 Å². The Labute approximate surface area is 197 Å². The van der Waals surface area contributed by atoms with Crippen LogP contribution in [0.3, 0.4) is 0 Å². The summed E-state index contributed by atoms with van der Waals surface area (Å²) >= 11 is 0. The van der Waals surface area contributed by atoms with E-state index in [2.05, 4.69) is 15.2 Å². The Balaban J connectivity index is 1.42. The Kier molecular flexibility index (Phi) is 6.41. The Hall–Kier alpha value is -3.13. The van der Waals surface area contributed by atoms with E-state index in [0.717, 1.165) is 48.0 Å². The van der Waals surface area contributed by atoms with Crippen molar-refractivity contribution in [1.29, 1.82) is 0 Å². The van der Waals surface area contributed by atoms with Crippen molar-refractivity contribution >= 4 is 22.6 Å². The lowest BCUT2D eigenvalue weighted by molar-refractivity contribution is -0.130. The summed E-state index contributed by atoms with van der Waals surface area (Å²) in [5.74, 6) is 1.02. The fourth-order valence-electron chi connectivity index (χ4n) is 4.79. The number of alkyl halides is 2. The molecule has 2 aliphatic heterocycles. The number of nitrogens with zero attached hydrogens (tertiary/aromatic N) is 3. The highest BCUT2D eigenvalue weighted by Gasteiger charge is 2.28. The van der Waals surface area contributed by atoms with E-state index in [4.69, 9.17) is 9.72 Å². The van der Waals surface area contributed by atoms with Crippen LogP contribution >= 0.6 is 0 Å². The van der Waals surface area contributed by atoms with Gasteiger partial charge >= 0.3 is 0 Å². The molecule has 2 aliphatic rings. The van der Waals surface area contributed by atoms with Gasteiger partial charge in [0, 0.05) is 42.3 Å². The van der Waals surface area contributed by atoms with Crippen molar-refractivity contribution in [2.24, 2.45) is 0 Å². The molecule has 0 unspecified atom stereocenters. The van der Waals surface area contributed by atoms with Crippen LogP contribution in [0.25, 0.3) is 22.3 Å². The summed E-state index contributed by atoms with van der Waals surface area (Å²) in [7, 11) is 0. The molecule has 0 radical (unpaired) electrons. The summed E-state index contributed by atoms with van der Waals surface area (Å²) < 4.78 is 32.9. The Morgan fingerprint density at radius 2 is 1.91 bits per heavy atom. The Morgan fingerprint density at radius 1 is 1.12 bits per heavy atom. The Bertz CT molecular complexity index is 1190. The van der Waals surface area contributed by atoms with E-state index in [1.54, 1.807) is 18.2 Å². The molecule has 0 saturated carbocycles. The second-order valence-electron chi connectivity index (χ2n) is 9.05. The van der Waals surface area contributed by atoms with Crippen LogP contribution in [-0.2, 0) is 9.53 Å². The van der Waals surface area contributed by atoms with Crippen LogP contribution in [0.1, 0.15) is 43.2 Å². The number of carbonyl (C=O) groups is 1. The summed E-state index contributed by atoms with van der Waals surface area (Å²) in [6.45, 7) is 4.03. The third-order valence-electron chi connectivity index (χ3n) is 6.63. The molecule has 1 amide bonds. The number of anilines is 1. The number of nitrogens with one attached hydrogen (secondary N) is 1. The molecule has 178 valence electrons. The summed E-state index contributed by atoms with van der Waals surface area (Å²) in [4.78, 5) is 24.0. The second kappa shape index (κ2) is 9.62. The maximum absolute atomic E-state index is 13.7. The lowest BCUT2D eigenvalue weighted by Gasteiger charge is -2.34. The van der Waals surface area contributed by atoms with Crippen LogP contribution in [0, 0.1) is 6.92 Å². The van der Waals surface area contributed by atoms with Gasteiger partial charge in [0.25, 0.3) is 6.43 Å². The highest BCUT2D eigenvalue weighted by atomic mass is 19.3. The van der Waals surface area contributed by atoms with Gasteiger partial charge in [-0.05, 0) is 50.3 Å². The van der Waals surface area contributed by atoms with E-state index in [9.17, 15) is 13.6 Å². The molecule has 1 aromatic heterocycles. The van der Waals surface area contributed by atoms with Gasteiger partial charge in [0.2, 0.25) is 5.91 Å². The fraction of sp³-hybridized carbons (Fsp3) is 0.423. The molecule has 0 bridgehead atoms. The van der Waals surface area contributed by atoms with Crippen molar-refractivity contribution in [1.82, 2.24) is 15.3 Å². The molecular weight excluding hydrogens is 438 g/mol. The normalized spacial score (nSPS) is 19.2. The zero-order valence-electron chi connectivity index (χ0n) is 19.1. The molecule has 2 aromatic carbocycles. The number of carbonyl (C=O) groups excluding carboxylic acids is 1. The lowest BCUT2D eigenvalue weighted by Crippen LogP contribution is -2.47. The minimum absolute atomic E-state index is 0.0233. The van der Waals surface area contributed by atoms with Crippen LogP contribution in [0.4, 0.5) is 14.6 Å². The molecule has 0 aliphatic carbocycles. The van der Waals surface area contributed by atoms with Crippen LogP contribution < -0.4 is 10.2 Å². The first-order valence-electron chi connectivity index (χ1n) is 11.8. The van der Waals surface area contributed by atoms with Crippen molar-refractivity contribution in [2.45, 2.75) is 51.2 Å². The largest absolute Gasteiger partial charge is 0.368 e. The number of piperidine rings is 1. The monoisotopic (exact) mass is 466 g/mol. The first-order valence-corrected chi connectivity index (χ1v) is 11.8. The molecule has 3 aromatic rings. The molecule has 8 heteroatoms. The molecule has 3 heterocycles. The van der Waals surface area contributed by atoms with E-state index in [0.29, 0.717) is 31.1 Å². The van der Waals surface area contributed by atoms with Gasteiger partial charge in [-0.2, -0.15) is 0 Å². The first-order chi connectivity index (χ1) is 16.5. The minimum atomic E-state index is -2.61. The molecule has 1 N–H and O–H groups in total.